The number of nitriles is 1. The lowest BCUT2D eigenvalue weighted by atomic mass is 9.90. The molecule has 2 aliphatic heterocycles. The van der Waals surface area contributed by atoms with Crippen molar-refractivity contribution in [3.63, 3.8) is 0 Å². The molecule has 2 heterocycles. The van der Waals surface area contributed by atoms with Crippen LogP contribution < -0.4 is 0 Å². The van der Waals surface area contributed by atoms with E-state index >= 15 is 0 Å². The van der Waals surface area contributed by atoms with Crippen LogP contribution in [0, 0.1) is 11.3 Å². The predicted molar refractivity (Wildman–Crippen MR) is 78.2 cm³/mol. The number of fused-ring (bicyclic) bond motifs is 1. The molecule has 0 aliphatic carbocycles. The summed E-state index contributed by atoms with van der Waals surface area (Å²) in [6, 6.07) is 5.35. The molecule has 0 radical (unpaired) electrons. The maximum atomic E-state index is 13.9. The Morgan fingerprint density at radius 1 is 1.38 bits per heavy atom. The molecular formula is C15H13FN2O5S. The smallest absolute Gasteiger partial charge is 0.269 e. The fourth-order valence-electron chi connectivity index (χ4n) is 3.10. The van der Waals surface area contributed by atoms with E-state index in [2.05, 4.69) is 0 Å². The van der Waals surface area contributed by atoms with Gasteiger partial charge < -0.3 is 0 Å². The number of carbonyl (C=O) groups excluding carboxylic acids is 2. The molecule has 2 unspecified atom stereocenters. The summed E-state index contributed by atoms with van der Waals surface area (Å²) in [5.41, 5.74) is -2.87. The summed E-state index contributed by atoms with van der Waals surface area (Å²) in [7, 11) is -4.43. The Hall–Kier alpha value is -2.31. The molecule has 2 bridgehead atoms. The molecule has 9 heteroatoms. The van der Waals surface area contributed by atoms with Crippen molar-refractivity contribution in [1.82, 2.24) is 4.90 Å². The highest BCUT2D eigenvalue weighted by molar-refractivity contribution is 7.86. The zero-order valence-corrected chi connectivity index (χ0v) is 13.5. The Balaban J connectivity index is 2.39. The normalized spacial score (nSPS) is 27.5. The molecule has 126 valence electrons. The van der Waals surface area contributed by atoms with E-state index in [1.54, 1.807) is 13.0 Å². The molecule has 0 aromatic heterocycles. The highest BCUT2D eigenvalue weighted by atomic mass is 32.2. The zero-order chi connectivity index (χ0) is 17.7. The van der Waals surface area contributed by atoms with Gasteiger partial charge in [-0.3, -0.25) is 13.8 Å². The zero-order valence-electron chi connectivity index (χ0n) is 12.7. The summed E-state index contributed by atoms with van der Waals surface area (Å²) in [6.45, 7) is 0.263. The van der Waals surface area contributed by atoms with Crippen molar-refractivity contribution in [1.29, 1.82) is 5.26 Å². The first kappa shape index (κ1) is 16.5. The quantitative estimate of drug-likeness (QED) is 0.601. The summed E-state index contributed by atoms with van der Waals surface area (Å²) < 4.78 is 44.1. The van der Waals surface area contributed by atoms with Gasteiger partial charge >= 0.3 is 0 Å². The van der Waals surface area contributed by atoms with Crippen LogP contribution in [0.15, 0.2) is 23.1 Å². The molecule has 3 rings (SSSR count). The second-order valence-electron chi connectivity index (χ2n) is 5.62. The van der Waals surface area contributed by atoms with Crippen LogP contribution in [0.4, 0.5) is 4.39 Å². The Labute approximate surface area is 137 Å². The van der Waals surface area contributed by atoms with E-state index in [1.807, 2.05) is 0 Å². The molecule has 1 aromatic rings. The van der Waals surface area contributed by atoms with Gasteiger partial charge in [0.1, 0.15) is 17.7 Å². The number of halogens is 1. The van der Waals surface area contributed by atoms with Crippen LogP contribution in [0.2, 0.25) is 0 Å². The number of hydrogen-bond acceptors (Lipinski definition) is 6. The third-order valence-corrected chi connectivity index (χ3v) is 5.63. The maximum absolute atomic E-state index is 13.9. The third-order valence-electron chi connectivity index (χ3n) is 4.27. The maximum Gasteiger partial charge on any atom is 0.298 e. The molecule has 1 aromatic carbocycles. The average Bonchev–Trinajstić information content (AvgIpc) is 2.81. The van der Waals surface area contributed by atoms with Crippen LogP contribution in [-0.4, -0.2) is 43.4 Å². The Kier molecular flexibility index (Phi) is 3.69. The van der Waals surface area contributed by atoms with Gasteiger partial charge in [0.25, 0.3) is 21.9 Å². The van der Waals surface area contributed by atoms with Crippen LogP contribution in [0.25, 0.3) is 0 Å². The molecule has 0 spiro atoms. The lowest BCUT2D eigenvalue weighted by Gasteiger charge is -2.38. The number of imide groups is 1. The summed E-state index contributed by atoms with van der Waals surface area (Å²) >= 11 is 0. The van der Waals surface area contributed by atoms with E-state index in [4.69, 9.17) is 4.18 Å². The Bertz CT molecular complexity index is 892. The lowest BCUT2D eigenvalue weighted by molar-refractivity contribution is 0.00874. The Morgan fingerprint density at radius 2 is 2.08 bits per heavy atom. The van der Waals surface area contributed by atoms with E-state index in [1.165, 1.54) is 12.1 Å². The Morgan fingerprint density at radius 3 is 2.67 bits per heavy atom. The van der Waals surface area contributed by atoms with Crippen LogP contribution in [0.5, 0.6) is 0 Å². The van der Waals surface area contributed by atoms with Gasteiger partial charge in [-0.2, -0.15) is 13.7 Å². The summed E-state index contributed by atoms with van der Waals surface area (Å²) in [6.07, 6.45) is -1.14. The van der Waals surface area contributed by atoms with Gasteiger partial charge in [0, 0.05) is 0 Å². The van der Waals surface area contributed by atoms with Crippen molar-refractivity contribution in [3.05, 3.63) is 29.3 Å². The molecule has 2 amide bonds. The molecular weight excluding hydrogens is 339 g/mol. The molecule has 2 atom stereocenters. The van der Waals surface area contributed by atoms with Gasteiger partial charge in [0.05, 0.1) is 17.2 Å². The summed E-state index contributed by atoms with van der Waals surface area (Å²) in [5, 5.41) is 9.56. The van der Waals surface area contributed by atoms with Crippen LogP contribution in [-0.2, 0) is 14.3 Å². The topological polar surface area (TPSA) is 105 Å². The van der Waals surface area contributed by atoms with Crippen molar-refractivity contribution >= 4 is 21.9 Å². The molecule has 0 N–H and O–H groups in total. The van der Waals surface area contributed by atoms with E-state index in [0.29, 0.717) is 11.3 Å². The van der Waals surface area contributed by atoms with E-state index in [-0.39, 0.29) is 17.5 Å². The minimum atomic E-state index is -4.43. The van der Waals surface area contributed by atoms with Crippen LogP contribution in [0.1, 0.15) is 40.5 Å². The third kappa shape index (κ3) is 1.93. The first-order chi connectivity index (χ1) is 11.3. The molecule has 0 saturated heterocycles. The van der Waals surface area contributed by atoms with Gasteiger partial charge in [0.15, 0.2) is 5.54 Å². The van der Waals surface area contributed by atoms with Gasteiger partial charge in [-0.1, -0.05) is 19.4 Å². The monoisotopic (exact) mass is 352 g/mol. The van der Waals surface area contributed by atoms with Crippen molar-refractivity contribution in [2.45, 2.75) is 36.3 Å². The molecule has 0 saturated carbocycles. The van der Waals surface area contributed by atoms with Crippen molar-refractivity contribution in [2.24, 2.45) is 0 Å². The number of benzene rings is 1. The van der Waals surface area contributed by atoms with Gasteiger partial charge in [0.2, 0.25) is 0 Å². The van der Waals surface area contributed by atoms with Gasteiger partial charge in [-0.05, 0) is 18.6 Å². The molecule has 7 nitrogen and oxygen atoms in total. The van der Waals surface area contributed by atoms with E-state index in [0.717, 1.165) is 6.07 Å². The van der Waals surface area contributed by atoms with Crippen LogP contribution in [0.3, 0.4) is 0 Å². The van der Waals surface area contributed by atoms with Gasteiger partial charge in [-0.25, -0.2) is 9.29 Å². The SMILES string of the molecule is CCCC1OS(=O)(=O)c2cccc3c2C(=O)N(C3=O)C1(C#N)CF. The van der Waals surface area contributed by atoms with Gasteiger partial charge in [-0.15, -0.1) is 0 Å². The molecule has 0 fully saturated rings. The fourth-order valence-corrected chi connectivity index (χ4v) is 4.46. The fraction of sp³-hybridized carbons (Fsp3) is 0.400. The minimum absolute atomic E-state index is 0.0147. The van der Waals surface area contributed by atoms with Crippen molar-refractivity contribution in [2.75, 3.05) is 6.67 Å². The standard InChI is InChI=1S/C15H13FN2O5S/c1-2-4-11-15(7-16,8-17)18-13(19)9-5-3-6-10(12(9)14(18)20)24(21,22)23-11/h3,5-6,11H,2,4,7H2,1H3. The summed E-state index contributed by atoms with van der Waals surface area (Å²) in [4.78, 5) is 25.4. The lowest BCUT2D eigenvalue weighted by Crippen LogP contribution is -2.61. The number of amides is 2. The highest BCUT2D eigenvalue weighted by Gasteiger charge is 2.58. The minimum Gasteiger partial charge on any atom is -0.269 e. The largest absolute Gasteiger partial charge is 0.298 e. The number of rotatable bonds is 3. The number of nitrogens with zero attached hydrogens (tertiary/aromatic N) is 2. The van der Waals surface area contributed by atoms with Crippen molar-refractivity contribution in [3.8, 4) is 6.07 Å². The first-order valence-corrected chi connectivity index (χ1v) is 8.67. The van der Waals surface area contributed by atoms with E-state index < -0.39 is 45.1 Å². The number of carbonyl (C=O) groups is 2. The van der Waals surface area contributed by atoms with E-state index in [9.17, 15) is 27.7 Å². The predicted octanol–water partition coefficient (Wildman–Crippen LogP) is 1.40. The number of alkyl halides is 1. The second kappa shape index (κ2) is 5.36. The molecule has 2 aliphatic rings. The molecule has 24 heavy (non-hydrogen) atoms. The summed E-state index contributed by atoms with van der Waals surface area (Å²) in [5.74, 6) is -1.88. The van der Waals surface area contributed by atoms with Crippen molar-refractivity contribution < 1.29 is 26.6 Å². The number of hydrogen-bond donors (Lipinski definition) is 0. The second-order valence-corrected chi connectivity index (χ2v) is 7.16. The first-order valence-electron chi connectivity index (χ1n) is 7.26. The highest BCUT2D eigenvalue weighted by Crippen LogP contribution is 2.40. The van der Waals surface area contributed by atoms with Crippen LogP contribution >= 0.6 is 0 Å². The average molecular weight is 352 g/mol.